The van der Waals surface area contributed by atoms with Crippen LogP contribution in [0.1, 0.15) is 19.4 Å². The minimum Gasteiger partial charge on any atom is -0.374 e. The average Bonchev–Trinajstić information content (AvgIpc) is 2.57. The molecule has 126 valence electrons. The fraction of sp³-hybridized carbons (Fsp3) is 0.235. The van der Waals surface area contributed by atoms with E-state index in [1.807, 2.05) is 24.3 Å². The Bertz CT molecular complexity index is 747. The molecular formula is C17H18ClN3O3. The van der Waals surface area contributed by atoms with Crippen LogP contribution in [-0.2, 0) is 11.2 Å². The number of nitrogens with zero attached hydrogens (tertiary/aromatic N) is 1. The van der Waals surface area contributed by atoms with Gasteiger partial charge in [0, 0.05) is 17.8 Å². The van der Waals surface area contributed by atoms with E-state index in [-0.39, 0.29) is 16.6 Å². The van der Waals surface area contributed by atoms with Crippen molar-refractivity contribution in [3.05, 3.63) is 63.2 Å². The summed E-state index contributed by atoms with van der Waals surface area (Å²) in [5, 5.41) is 16.6. The zero-order valence-corrected chi connectivity index (χ0v) is 14.1. The number of amides is 1. The fourth-order valence-electron chi connectivity index (χ4n) is 2.11. The van der Waals surface area contributed by atoms with E-state index in [9.17, 15) is 14.9 Å². The van der Waals surface area contributed by atoms with Crippen LogP contribution in [0, 0.1) is 10.1 Å². The Balaban J connectivity index is 2.01. The first-order chi connectivity index (χ1) is 11.4. The average molecular weight is 348 g/mol. The first-order valence-corrected chi connectivity index (χ1v) is 7.88. The number of hydrogen-bond acceptors (Lipinski definition) is 4. The number of nitrogens with one attached hydrogen (secondary N) is 2. The van der Waals surface area contributed by atoms with Gasteiger partial charge in [0.2, 0.25) is 5.91 Å². The lowest BCUT2D eigenvalue weighted by atomic mass is 10.1. The number of rotatable bonds is 6. The number of carbonyl (C=O) groups excluding carboxylic acids is 1. The Kier molecular flexibility index (Phi) is 5.76. The minimum absolute atomic E-state index is 0.122. The van der Waals surface area contributed by atoms with Crippen molar-refractivity contribution in [3.8, 4) is 0 Å². The van der Waals surface area contributed by atoms with E-state index in [0.717, 1.165) is 12.1 Å². The van der Waals surface area contributed by atoms with Crippen molar-refractivity contribution in [2.75, 3.05) is 10.6 Å². The third-order valence-corrected chi connectivity index (χ3v) is 3.87. The second kappa shape index (κ2) is 7.79. The normalized spacial score (nSPS) is 11.6. The number of non-ortho nitro benzene ring substituents is 1. The van der Waals surface area contributed by atoms with Crippen LogP contribution in [0.5, 0.6) is 0 Å². The van der Waals surface area contributed by atoms with Crippen molar-refractivity contribution in [1.82, 2.24) is 0 Å². The summed E-state index contributed by atoms with van der Waals surface area (Å²) in [6.07, 6.45) is 0.953. The van der Waals surface area contributed by atoms with E-state index < -0.39 is 11.0 Å². The molecule has 0 heterocycles. The van der Waals surface area contributed by atoms with Gasteiger partial charge in [0.25, 0.3) is 5.69 Å². The van der Waals surface area contributed by atoms with Crippen LogP contribution < -0.4 is 10.6 Å². The summed E-state index contributed by atoms with van der Waals surface area (Å²) >= 11 is 5.98. The van der Waals surface area contributed by atoms with Gasteiger partial charge in [0.15, 0.2) is 0 Å². The highest BCUT2D eigenvalue weighted by Gasteiger charge is 2.16. The maximum atomic E-state index is 12.2. The summed E-state index contributed by atoms with van der Waals surface area (Å²) in [6, 6.07) is 11.3. The molecule has 2 aromatic carbocycles. The number of hydrogen-bond donors (Lipinski definition) is 2. The van der Waals surface area contributed by atoms with E-state index in [2.05, 4.69) is 17.6 Å². The molecule has 0 spiro atoms. The third-order valence-electron chi connectivity index (χ3n) is 3.56. The molecule has 0 aliphatic heterocycles. The molecule has 1 atom stereocenters. The van der Waals surface area contributed by atoms with Gasteiger partial charge in [-0.15, -0.1) is 0 Å². The van der Waals surface area contributed by atoms with Gasteiger partial charge >= 0.3 is 0 Å². The maximum absolute atomic E-state index is 12.2. The van der Waals surface area contributed by atoms with Crippen molar-refractivity contribution < 1.29 is 9.72 Å². The van der Waals surface area contributed by atoms with Crippen LogP contribution in [0.15, 0.2) is 42.5 Å². The lowest BCUT2D eigenvalue weighted by Gasteiger charge is -2.16. The Morgan fingerprint density at radius 3 is 2.46 bits per heavy atom. The highest BCUT2D eigenvalue weighted by Crippen LogP contribution is 2.26. The summed E-state index contributed by atoms with van der Waals surface area (Å²) in [7, 11) is 0. The van der Waals surface area contributed by atoms with Gasteiger partial charge < -0.3 is 10.6 Å². The number of nitro benzene ring substituents is 1. The van der Waals surface area contributed by atoms with Gasteiger partial charge in [-0.3, -0.25) is 14.9 Å². The van der Waals surface area contributed by atoms with Crippen LogP contribution in [0.4, 0.5) is 17.1 Å². The second-order valence-electron chi connectivity index (χ2n) is 5.33. The van der Waals surface area contributed by atoms with Gasteiger partial charge in [0.1, 0.15) is 6.04 Å². The van der Waals surface area contributed by atoms with Crippen LogP contribution in [0.3, 0.4) is 0 Å². The van der Waals surface area contributed by atoms with Crippen LogP contribution in [-0.4, -0.2) is 16.9 Å². The Hall–Kier alpha value is -2.60. The van der Waals surface area contributed by atoms with Crippen LogP contribution in [0.2, 0.25) is 5.02 Å². The van der Waals surface area contributed by atoms with Gasteiger partial charge in [-0.05, 0) is 37.1 Å². The minimum atomic E-state index is -0.540. The number of nitro groups is 1. The predicted molar refractivity (Wildman–Crippen MR) is 95.6 cm³/mol. The first kappa shape index (κ1) is 17.7. The molecule has 1 unspecified atom stereocenters. The van der Waals surface area contributed by atoms with E-state index in [1.54, 1.807) is 6.92 Å². The van der Waals surface area contributed by atoms with Crippen molar-refractivity contribution in [2.24, 2.45) is 0 Å². The Morgan fingerprint density at radius 2 is 1.92 bits per heavy atom. The number of halogens is 1. The molecule has 0 fully saturated rings. The third kappa shape index (κ3) is 4.45. The largest absolute Gasteiger partial charge is 0.374 e. The summed E-state index contributed by atoms with van der Waals surface area (Å²) in [5.74, 6) is -0.287. The van der Waals surface area contributed by atoms with Crippen molar-refractivity contribution in [3.63, 3.8) is 0 Å². The van der Waals surface area contributed by atoms with Gasteiger partial charge in [-0.25, -0.2) is 0 Å². The highest BCUT2D eigenvalue weighted by atomic mass is 35.5. The molecule has 6 nitrogen and oxygen atoms in total. The predicted octanol–water partition coefficient (Wildman–Crippen LogP) is 4.25. The molecule has 0 radical (unpaired) electrons. The number of benzene rings is 2. The van der Waals surface area contributed by atoms with Gasteiger partial charge in [0.05, 0.1) is 15.6 Å². The molecule has 0 bridgehead atoms. The molecule has 0 aromatic heterocycles. The summed E-state index contributed by atoms with van der Waals surface area (Å²) in [4.78, 5) is 22.4. The number of aryl methyl sites for hydroxylation is 1. The second-order valence-corrected chi connectivity index (χ2v) is 5.73. The number of anilines is 2. The SMILES string of the molecule is CCc1ccc(NC(C)C(=O)Nc2ccc([N+](=O)[O-])cc2Cl)cc1. The molecule has 0 saturated heterocycles. The summed E-state index contributed by atoms with van der Waals surface area (Å²) in [5.41, 5.74) is 2.27. The van der Waals surface area contributed by atoms with Crippen molar-refractivity contribution >= 4 is 34.6 Å². The highest BCUT2D eigenvalue weighted by molar-refractivity contribution is 6.34. The Morgan fingerprint density at radius 1 is 1.25 bits per heavy atom. The topological polar surface area (TPSA) is 84.3 Å². The first-order valence-electron chi connectivity index (χ1n) is 7.51. The van der Waals surface area contributed by atoms with Crippen LogP contribution >= 0.6 is 11.6 Å². The molecule has 2 rings (SSSR count). The molecular weight excluding hydrogens is 330 g/mol. The fourth-order valence-corrected chi connectivity index (χ4v) is 2.33. The molecule has 2 N–H and O–H groups in total. The smallest absolute Gasteiger partial charge is 0.271 e. The molecule has 0 saturated carbocycles. The standard InChI is InChI=1S/C17H18ClN3O3/c1-3-12-4-6-13(7-5-12)19-11(2)17(22)20-16-9-8-14(21(23)24)10-15(16)18/h4-11,19H,3H2,1-2H3,(H,20,22). The van der Waals surface area contributed by atoms with Crippen molar-refractivity contribution in [1.29, 1.82) is 0 Å². The van der Waals surface area contributed by atoms with Gasteiger partial charge in [-0.2, -0.15) is 0 Å². The zero-order chi connectivity index (χ0) is 17.7. The molecule has 1 amide bonds. The zero-order valence-electron chi connectivity index (χ0n) is 13.4. The maximum Gasteiger partial charge on any atom is 0.271 e. The number of carbonyl (C=O) groups is 1. The molecule has 2 aromatic rings. The molecule has 0 aliphatic rings. The summed E-state index contributed by atoms with van der Waals surface area (Å²) in [6.45, 7) is 3.80. The van der Waals surface area contributed by atoms with E-state index in [0.29, 0.717) is 5.69 Å². The molecule has 0 aliphatic carbocycles. The van der Waals surface area contributed by atoms with E-state index >= 15 is 0 Å². The van der Waals surface area contributed by atoms with Crippen LogP contribution in [0.25, 0.3) is 0 Å². The van der Waals surface area contributed by atoms with Crippen molar-refractivity contribution in [2.45, 2.75) is 26.3 Å². The lowest BCUT2D eigenvalue weighted by Crippen LogP contribution is -2.31. The summed E-state index contributed by atoms with van der Waals surface area (Å²) < 4.78 is 0. The monoisotopic (exact) mass is 347 g/mol. The Labute approximate surface area is 145 Å². The molecule has 24 heavy (non-hydrogen) atoms. The quantitative estimate of drug-likeness (QED) is 0.604. The lowest BCUT2D eigenvalue weighted by molar-refractivity contribution is -0.384. The molecule has 7 heteroatoms. The van der Waals surface area contributed by atoms with E-state index in [1.165, 1.54) is 23.8 Å². The van der Waals surface area contributed by atoms with Gasteiger partial charge in [-0.1, -0.05) is 30.7 Å². The van der Waals surface area contributed by atoms with E-state index in [4.69, 9.17) is 11.6 Å².